The molecule has 0 radical (unpaired) electrons. The van der Waals surface area contributed by atoms with E-state index in [1.165, 1.54) is 23.6 Å². The normalized spacial score (nSPS) is 16.9. The predicted molar refractivity (Wildman–Crippen MR) is 133 cm³/mol. The Bertz CT molecular complexity index is 706. The Kier molecular flexibility index (Phi) is 12.9. The second-order valence-corrected chi connectivity index (χ2v) is 9.71. The van der Waals surface area contributed by atoms with E-state index >= 15 is 0 Å². The monoisotopic (exact) mass is 555 g/mol. The molecule has 2 N–H and O–H groups in total. The molecule has 8 nitrogen and oxygen atoms in total. The Hall–Kier alpha value is -0.850. The molecule has 2 heterocycles. The summed E-state index contributed by atoms with van der Waals surface area (Å²) in [7, 11) is -1.49. The minimum atomic E-state index is -3.12. The van der Waals surface area contributed by atoms with Crippen molar-refractivity contribution in [2.75, 3.05) is 52.1 Å². The highest BCUT2D eigenvalue weighted by molar-refractivity contribution is 14.0. The molecule has 1 aliphatic heterocycles. The van der Waals surface area contributed by atoms with Crippen molar-refractivity contribution in [2.24, 2.45) is 4.99 Å². The molecular weight excluding hydrogens is 517 g/mol. The van der Waals surface area contributed by atoms with Gasteiger partial charge in [-0.1, -0.05) is 6.42 Å². The number of nitrogens with zero attached hydrogens (tertiary/aromatic N) is 3. The molecule has 0 amide bonds. The number of likely N-dealkylation sites (tertiary alicyclic amines) is 1. The largest absolute Gasteiger partial charge is 0.468 e. The Balaban J connectivity index is 0.00000450. The van der Waals surface area contributed by atoms with Gasteiger partial charge in [0.25, 0.3) is 0 Å². The van der Waals surface area contributed by atoms with E-state index in [9.17, 15) is 8.42 Å². The molecule has 0 aliphatic carbocycles. The lowest BCUT2D eigenvalue weighted by molar-refractivity contribution is 0.150. The summed E-state index contributed by atoms with van der Waals surface area (Å²) >= 11 is 0. The molecule has 1 atom stereocenters. The minimum Gasteiger partial charge on any atom is -0.468 e. The van der Waals surface area contributed by atoms with Gasteiger partial charge in [-0.2, -0.15) is 0 Å². The number of halogens is 1. The highest BCUT2D eigenvalue weighted by Crippen LogP contribution is 2.25. The zero-order valence-electron chi connectivity index (χ0n) is 18.5. The number of rotatable bonds is 11. The lowest BCUT2D eigenvalue weighted by Gasteiger charge is -2.32. The Morgan fingerprint density at radius 3 is 2.60 bits per heavy atom. The molecule has 30 heavy (non-hydrogen) atoms. The fourth-order valence-electron chi connectivity index (χ4n) is 3.48. The van der Waals surface area contributed by atoms with Gasteiger partial charge in [-0.15, -0.1) is 24.0 Å². The fraction of sp³-hybridized carbons (Fsp3) is 0.750. The fourth-order valence-corrected chi connectivity index (χ4v) is 4.33. The van der Waals surface area contributed by atoms with Crippen LogP contribution in [0.1, 0.15) is 51.3 Å². The molecule has 1 saturated heterocycles. The summed E-state index contributed by atoms with van der Waals surface area (Å²) in [5.74, 6) is 1.84. The van der Waals surface area contributed by atoms with Crippen molar-refractivity contribution in [1.82, 2.24) is 19.8 Å². The first kappa shape index (κ1) is 27.2. The van der Waals surface area contributed by atoms with E-state index in [1.807, 2.05) is 19.1 Å². The smallest absolute Gasteiger partial charge is 0.213 e. The van der Waals surface area contributed by atoms with Crippen LogP contribution in [0.15, 0.2) is 27.8 Å². The second-order valence-electron chi connectivity index (χ2n) is 7.35. The van der Waals surface area contributed by atoms with E-state index in [0.29, 0.717) is 26.1 Å². The van der Waals surface area contributed by atoms with Crippen LogP contribution in [0.3, 0.4) is 0 Å². The Morgan fingerprint density at radius 2 is 2.00 bits per heavy atom. The quantitative estimate of drug-likeness (QED) is 0.189. The molecule has 0 spiro atoms. The molecule has 2 rings (SSSR count). The van der Waals surface area contributed by atoms with Crippen molar-refractivity contribution in [2.45, 2.75) is 45.6 Å². The van der Waals surface area contributed by atoms with E-state index in [4.69, 9.17) is 9.41 Å². The molecule has 0 bridgehead atoms. The molecule has 174 valence electrons. The second kappa shape index (κ2) is 14.3. The van der Waals surface area contributed by atoms with E-state index < -0.39 is 10.0 Å². The number of hydrogen-bond acceptors (Lipinski definition) is 5. The van der Waals surface area contributed by atoms with Crippen molar-refractivity contribution in [3.63, 3.8) is 0 Å². The van der Waals surface area contributed by atoms with Crippen molar-refractivity contribution >= 4 is 40.0 Å². The van der Waals surface area contributed by atoms with Crippen LogP contribution in [0.5, 0.6) is 0 Å². The van der Waals surface area contributed by atoms with Crippen LogP contribution >= 0.6 is 24.0 Å². The molecule has 1 aromatic heterocycles. The Morgan fingerprint density at radius 1 is 1.27 bits per heavy atom. The number of piperidine rings is 1. The molecule has 0 aromatic carbocycles. The third-order valence-corrected chi connectivity index (χ3v) is 7.11. The summed E-state index contributed by atoms with van der Waals surface area (Å²) in [6, 6.07) is 4.10. The maximum Gasteiger partial charge on any atom is 0.213 e. The van der Waals surface area contributed by atoms with Gasteiger partial charge >= 0.3 is 0 Å². The van der Waals surface area contributed by atoms with Gasteiger partial charge in [0.05, 0.1) is 24.6 Å². The average Bonchev–Trinajstić information content (AvgIpc) is 3.26. The van der Waals surface area contributed by atoms with Crippen LogP contribution in [0.4, 0.5) is 0 Å². The van der Waals surface area contributed by atoms with Crippen LogP contribution in [-0.2, 0) is 10.0 Å². The maximum absolute atomic E-state index is 11.8. The highest BCUT2D eigenvalue weighted by atomic mass is 127. The first-order chi connectivity index (χ1) is 14.0. The van der Waals surface area contributed by atoms with Gasteiger partial charge in [-0.3, -0.25) is 9.89 Å². The van der Waals surface area contributed by atoms with Crippen LogP contribution < -0.4 is 10.6 Å². The van der Waals surface area contributed by atoms with E-state index in [0.717, 1.165) is 31.4 Å². The van der Waals surface area contributed by atoms with E-state index in [1.54, 1.807) is 20.2 Å². The van der Waals surface area contributed by atoms with Gasteiger partial charge in [0.1, 0.15) is 5.76 Å². The Labute approximate surface area is 198 Å². The zero-order chi connectivity index (χ0) is 21.1. The summed E-state index contributed by atoms with van der Waals surface area (Å²) in [5.41, 5.74) is 0. The van der Waals surface area contributed by atoms with Gasteiger partial charge in [0.15, 0.2) is 5.96 Å². The summed E-state index contributed by atoms with van der Waals surface area (Å²) < 4.78 is 30.8. The zero-order valence-corrected chi connectivity index (χ0v) is 21.6. The van der Waals surface area contributed by atoms with E-state index in [-0.39, 0.29) is 35.8 Å². The molecule has 1 unspecified atom stereocenters. The first-order valence-electron chi connectivity index (χ1n) is 10.7. The third kappa shape index (κ3) is 8.72. The summed E-state index contributed by atoms with van der Waals surface area (Å²) in [4.78, 5) is 7.25. The van der Waals surface area contributed by atoms with Gasteiger partial charge in [0.2, 0.25) is 10.0 Å². The average molecular weight is 556 g/mol. The third-order valence-electron chi connectivity index (χ3n) is 5.25. The summed E-state index contributed by atoms with van der Waals surface area (Å²) in [6.45, 7) is 8.38. The lowest BCUT2D eigenvalue weighted by atomic mass is 10.1. The number of furan rings is 1. The number of sulfonamides is 1. The number of aliphatic imine (C=N–C) groups is 1. The minimum absolute atomic E-state index is 0. The lowest BCUT2D eigenvalue weighted by Crippen LogP contribution is -2.40. The van der Waals surface area contributed by atoms with Gasteiger partial charge in [-0.05, 0) is 58.3 Å². The van der Waals surface area contributed by atoms with Crippen LogP contribution in [-0.4, -0.2) is 75.7 Å². The standard InChI is InChI=1S/C20H37N5O3S.HI/c1-4-21-20(22-12-10-13-24(3)29(26,27)5-2)23-17-18(19-11-9-16-28-19)25-14-7-6-8-15-25;/h9,11,16,18H,4-8,10,12-15,17H2,1-3H3,(H2,21,22,23);1H. The van der Waals surface area contributed by atoms with Crippen molar-refractivity contribution in [3.8, 4) is 0 Å². The summed E-state index contributed by atoms with van der Waals surface area (Å²) in [5, 5.41) is 6.59. The molecular formula is C20H38IN5O3S. The first-order valence-corrected chi connectivity index (χ1v) is 12.3. The predicted octanol–water partition coefficient (Wildman–Crippen LogP) is 2.65. The van der Waals surface area contributed by atoms with Gasteiger partial charge < -0.3 is 15.1 Å². The highest BCUT2D eigenvalue weighted by Gasteiger charge is 2.24. The molecule has 10 heteroatoms. The van der Waals surface area contributed by atoms with Crippen LogP contribution in [0.25, 0.3) is 0 Å². The summed E-state index contributed by atoms with van der Waals surface area (Å²) in [6.07, 6.45) is 6.16. The van der Waals surface area contributed by atoms with Gasteiger partial charge in [-0.25, -0.2) is 12.7 Å². The SMILES string of the molecule is CCNC(=NCC(c1ccco1)N1CCCCC1)NCCCN(C)S(=O)(=O)CC.I. The topological polar surface area (TPSA) is 90.2 Å². The van der Waals surface area contributed by atoms with Crippen LogP contribution in [0.2, 0.25) is 0 Å². The van der Waals surface area contributed by atoms with Crippen LogP contribution in [0, 0.1) is 0 Å². The number of hydrogen-bond donors (Lipinski definition) is 2. The van der Waals surface area contributed by atoms with E-state index in [2.05, 4.69) is 15.5 Å². The van der Waals surface area contributed by atoms with Gasteiger partial charge in [0, 0.05) is 26.7 Å². The number of guanidine groups is 1. The molecule has 1 fully saturated rings. The van der Waals surface area contributed by atoms with Crippen molar-refractivity contribution < 1.29 is 12.8 Å². The maximum atomic E-state index is 11.8. The van der Waals surface area contributed by atoms with Crippen molar-refractivity contribution in [3.05, 3.63) is 24.2 Å². The number of nitrogens with one attached hydrogen (secondary N) is 2. The molecule has 1 aromatic rings. The molecule has 1 aliphatic rings. The van der Waals surface area contributed by atoms with Crippen molar-refractivity contribution in [1.29, 1.82) is 0 Å². The molecule has 0 saturated carbocycles.